The number of aromatic nitrogens is 1. The second-order valence-corrected chi connectivity index (χ2v) is 6.77. The van der Waals surface area contributed by atoms with Gasteiger partial charge < -0.3 is 16.0 Å². The minimum absolute atomic E-state index is 0.0770. The first-order valence-corrected chi connectivity index (χ1v) is 8.72. The molecule has 2 amide bonds. The number of carbonyl (C=O) groups excluding carboxylic acids is 1. The Morgan fingerprint density at radius 1 is 1.16 bits per heavy atom. The average molecular weight is 334 g/mol. The molecule has 1 aromatic carbocycles. The van der Waals surface area contributed by atoms with Crippen LogP contribution in [0.2, 0.25) is 0 Å². The first kappa shape index (κ1) is 15.8. The standard InChI is InChI=1S/C20H22N4O/c21-18-5-1-14(2-6-18)15-3-7-19(8-4-15)23-20(25)24-12-16-9-10-22-11-17(16)13-24/h1,3-4,7-11,18H,2,5-6,12-13,21H2,(H,23,25). The number of allylic oxidation sites excluding steroid dienone is 1. The fraction of sp³-hybridized carbons (Fsp3) is 0.300. The summed E-state index contributed by atoms with van der Waals surface area (Å²) in [7, 11) is 0. The van der Waals surface area contributed by atoms with E-state index in [1.165, 1.54) is 16.7 Å². The van der Waals surface area contributed by atoms with Gasteiger partial charge in [-0.3, -0.25) is 4.98 Å². The van der Waals surface area contributed by atoms with Gasteiger partial charge >= 0.3 is 6.03 Å². The van der Waals surface area contributed by atoms with Gasteiger partial charge in [-0.05, 0) is 59.7 Å². The fourth-order valence-electron chi connectivity index (χ4n) is 3.45. The van der Waals surface area contributed by atoms with Gasteiger partial charge in [0.2, 0.25) is 0 Å². The van der Waals surface area contributed by atoms with Crippen molar-refractivity contribution in [1.29, 1.82) is 0 Å². The van der Waals surface area contributed by atoms with Crippen molar-refractivity contribution in [2.24, 2.45) is 5.73 Å². The third-order valence-corrected chi connectivity index (χ3v) is 4.97. The van der Waals surface area contributed by atoms with Crippen molar-refractivity contribution in [1.82, 2.24) is 9.88 Å². The zero-order valence-electron chi connectivity index (χ0n) is 14.1. The molecule has 1 aliphatic carbocycles. The molecule has 5 heteroatoms. The van der Waals surface area contributed by atoms with E-state index in [0.717, 1.165) is 30.5 Å². The van der Waals surface area contributed by atoms with E-state index in [-0.39, 0.29) is 6.03 Å². The van der Waals surface area contributed by atoms with Crippen LogP contribution >= 0.6 is 0 Å². The van der Waals surface area contributed by atoms with Gasteiger partial charge in [-0.15, -0.1) is 0 Å². The SMILES string of the molecule is NC1CC=C(c2ccc(NC(=O)N3Cc4ccncc4C3)cc2)CC1. The topological polar surface area (TPSA) is 71.2 Å². The van der Waals surface area contributed by atoms with Crippen molar-refractivity contribution >= 4 is 17.3 Å². The number of nitrogens with one attached hydrogen (secondary N) is 1. The van der Waals surface area contributed by atoms with Crippen LogP contribution in [-0.4, -0.2) is 22.0 Å². The number of carbonyl (C=O) groups is 1. The second kappa shape index (κ2) is 6.69. The minimum atomic E-state index is -0.0770. The van der Waals surface area contributed by atoms with E-state index in [9.17, 15) is 4.79 Å². The van der Waals surface area contributed by atoms with Gasteiger partial charge in [0.25, 0.3) is 0 Å². The summed E-state index contributed by atoms with van der Waals surface area (Å²) in [5.41, 5.74) is 11.6. The molecule has 3 N–H and O–H groups in total. The van der Waals surface area contributed by atoms with Crippen molar-refractivity contribution in [3.8, 4) is 0 Å². The van der Waals surface area contributed by atoms with Crippen LogP contribution in [0, 0.1) is 0 Å². The molecule has 1 aromatic heterocycles. The Morgan fingerprint density at radius 3 is 2.68 bits per heavy atom. The molecule has 4 rings (SSSR count). The third kappa shape index (κ3) is 3.42. The number of hydrogen-bond donors (Lipinski definition) is 2. The second-order valence-electron chi connectivity index (χ2n) is 6.77. The van der Waals surface area contributed by atoms with Gasteiger partial charge in [-0.2, -0.15) is 0 Å². The van der Waals surface area contributed by atoms with Crippen LogP contribution in [0.3, 0.4) is 0 Å². The number of hydrogen-bond acceptors (Lipinski definition) is 3. The van der Waals surface area contributed by atoms with E-state index in [0.29, 0.717) is 19.1 Å². The first-order valence-electron chi connectivity index (χ1n) is 8.72. The van der Waals surface area contributed by atoms with Crippen molar-refractivity contribution in [3.63, 3.8) is 0 Å². The predicted octanol–water partition coefficient (Wildman–Crippen LogP) is 3.52. The molecule has 2 aliphatic rings. The summed E-state index contributed by atoms with van der Waals surface area (Å²) >= 11 is 0. The fourth-order valence-corrected chi connectivity index (χ4v) is 3.45. The molecule has 0 radical (unpaired) electrons. The number of amides is 2. The van der Waals surface area contributed by atoms with E-state index in [1.54, 1.807) is 11.1 Å². The number of urea groups is 1. The Kier molecular flexibility index (Phi) is 4.24. The number of nitrogens with two attached hydrogens (primary N) is 1. The van der Waals surface area contributed by atoms with Crippen molar-refractivity contribution in [3.05, 3.63) is 65.5 Å². The van der Waals surface area contributed by atoms with E-state index >= 15 is 0 Å². The largest absolute Gasteiger partial charge is 0.327 e. The number of rotatable bonds is 2. The summed E-state index contributed by atoms with van der Waals surface area (Å²) in [5, 5.41) is 2.98. The first-order chi connectivity index (χ1) is 12.2. The number of nitrogens with zero attached hydrogens (tertiary/aromatic N) is 2. The lowest BCUT2D eigenvalue weighted by Gasteiger charge is -2.19. The van der Waals surface area contributed by atoms with Crippen LogP contribution < -0.4 is 11.1 Å². The van der Waals surface area contributed by atoms with Crippen LogP contribution in [0.25, 0.3) is 5.57 Å². The molecule has 5 nitrogen and oxygen atoms in total. The quantitative estimate of drug-likeness (QED) is 0.882. The number of fused-ring (bicyclic) bond motifs is 1. The van der Waals surface area contributed by atoms with Crippen molar-refractivity contribution in [2.75, 3.05) is 5.32 Å². The van der Waals surface area contributed by atoms with Gasteiger partial charge in [0.05, 0.1) is 0 Å². The Labute approximate surface area is 147 Å². The molecule has 1 aliphatic heterocycles. The number of benzene rings is 1. The molecule has 128 valence electrons. The Bertz CT molecular complexity index is 788. The molecule has 2 heterocycles. The van der Waals surface area contributed by atoms with Gasteiger partial charge in [0, 0.05) is 37.2 Å². The van der Waals surface area contributed by atoms with E-state index in [2.05, 4.69) is 28.5 Å². The monoisotopic (exact) mass is 334 g/mol. The molecule has 1 unspecified atom stereocenters. The minimum Gasteiger partial charge on any atom is -0.327 e. The van der Waals surface area contributed by atoms with E-state index in [4.69, 9.17) is 5.73 Å². The van der Waals surface area contributed by atoms with Crippen LogP contribution in [0.5, 0.6) is 0 Å². The Hall–Kier alpha value is -2.66. The summed E-state index contributed by atoms with van der Waals surface area (Å²) in [6.07, 6.45) is 8.84. The van der Waals surface area contributed by atoms with Crippen LogP contribution in [0.4, 0.5) is 10.5 Å². The molecule has 0 saturated carbocycles. The molecular formula is C20H22N4O. The zero-order valence-corrected chi connectivity index (χ0v) is 14.1. The average Bonchev–Trinajstić information content (AvgIpc) is 3.07. The molecule has 2 aromatic rings. The summed E-state index contributed by atoms with van der Waals surface area (Å²) in [6, 6.07) is 10.3. The summed E-state index contributed by atoms with van der Waals surface area (Å²) in [4.78, 5) is 18.4. The summed E-state index contributed by atoms with van der Waals surface area (Å²) in [5.74, 6) is 0. The van der Waals surface area contributed by atoms with Gasteiger partial charge in [-0.25, -0.2) is 4.79 Å². The maximum absolute atomic E-state index is 12.5. The Morgan fingerprint density at radius 2 is 1.96 bits per heavy atom. The smallest absolute Gasteiger partial charge is 0.322 e. The number of anilines is 1. The van der Waals surface area contributed by atoms with Crippen molar-refractivity contribution < 1.29 is 4.79 Å². The lowest BCUT2D eigenvalue weighted by molar-refractivity contribution is 0.212. The zero-order chi connectivity index (χ0) is 17.2. The summed E-state index contributed by atoms with van der Waals surface area (Å²) < 4.78 is 0. The molecule has 0 spiro atoms. The maximum Gasteiger partial charge on any atom is 0.322 e. The lowest BCUT2D eigenvalue weighted by Crippen LogP contribution is -2.30. The van der Waals surface area contributed by atoms with Gasteiger partial charge in [-0.1, -0.05) is 18.2 Å². The van der Waals surface area contributed by atoms with Crippen LogP contribution in [0.1, 0.15) is 36.0 Å². The Balaban J connectivity index is 1.39. The predicted molar refractivity (Wildman–Crippen MR) is 98.7 cm³/mol. The molecule has 0 bridgehead atoms. The number of pyridine rings is 1. The molecule has 0 fully saturated rings. The summed E-state index contributed by atoms with van der Waals surface area (Å²) in [6.45, 7) is 1.25. The molecule has 1 atom stereocenters. The molecular weight excluding hydrogens is 312 g/mol. The van der Waals surface area contributed by atoms with E-state index < -0.39 is 0 Å². The molecule has 0 saturated heterocycles. The van der Waals surface area contributed by atoms with Crippen molar-refractivity contribution in [2.45, 2.75) is 38.4 Å². The highest BCUT2D eigenvalue weighted by atomic mass is 16.2. The maximum atomic E-state index is 12.5. The highest BCUT2D eigenvalue weighted by Crippen LogP contribution is 2.27. The van der Waals surface area contributed by atoms with Crippen LogP contribution in [0.15, 0.2) is 48.8 Å². The normalized spacial score (nSPS) is 19.3. The van der Waals surface area contributed by atoms with Gasteiger partial charge in [0.15, 0.2) is 0 Å². The van der Waals surface area contributed by atoms with Crippen LogP contribution in [-0.2, 0) is 13.1 Å². The highest BCUT2D eigenvalue weighted by Gasteiger charge is 2.23. The van der Waals surface area contributed by atoms with Gasteiger partial charge in [0.1, 0.15) is 0 Å². The van der Waals surface area contributed by atoms with E-state index in [1.807, 2.05) is 24.4 Å². The molecule has 25 heavy (non-hydrogen) atoms. The highest BCUT2D eigenvalue weighted by molar-refractivity contribution is 5.90. The lowest BCUT2D eigenvalue weighted by atomic mass is 9.91. The third-order valence-electron chi connectivity index (χ3n) is 4.97.